The number of imidazole rings is 1. The van der Waals surface area contributed by atoms with Crippen LogP contribution in [0, 0.1) is 6.92 Å². The topological polar surface area (TPSA) is 17.8 Å². The standard InChI is InChI=1S/C15H13ClN2S/c1-11-13-9-12(16)4-5-15(13)19-14(11)3-2-7-18-8-6-17-10-18/h2-6,8-10H,7H2,1H3/b3-2+. The molecule has 4 heteroatoms. The van der Waals surface area contributed by atoms with E-state index in [1.807, 2.05) is 29.2 Å². The molecule has 0 N–H and O–H groups in total. The largest absolute Gasteiger partial charge is 0.334 e. The Hall–Kier alpha value is -1.58. The minimum absolute atomic E-state index is 0.794. The van der Waals surface area contributed by atoms with E-state index in [4.69, 9.17) is 11.6 Å². The van der Waals surface area contributed by atoms with Crippen molar-refractivity contribution in [2.75, 3.05) is 0 Å². The summed E-state index contributed by atoms with van der Waals surface area (Å²) in [5, 5.41) is 2.04. The van der Waals surface area contributed by atoms with E-state index in [1.165, 1.54) is 20.5 Å². The third-order valence-corrected chi connectivity index (χ3v) is 4.55. The van der Waals surface area contributed by atoms with Crippen LogP contribution in [0.5, 0.6) is 0 Å². The van der Waals surface area contributed by atoms with Gasteiger partial charge in [-0.1, -0.05) is 17.7 Å². The second-order valence-electron chi connectivity index (χ2n) is 4.39. The zero-order valence-electron chi connectivity index (χ0n) is 10.5. The third-order valence-electron chi connectivity index (χ3n) is 3.08. The molecule has 0 amide bonds. The summed E-state index contributed by atoms with van der Waals surface area (Å²) >= 11 is 7.85. The number of allylic oxidation sites excluding steroid dienone is 1. The van der Waals surface area contributed by atoms with E-state index in [9.17, 15) is 0 Å². The number of rotatable bonds is 3. The summed E-state index contributed by atoms with van der Waals surface area (Å²) in [5.41, 5.74) is 1.30. The predicted molar refractivity (Wildman–Crippen MR) is 82.8 cm³/mol. The van der Waals surface area contributed by atoms with Gasteiger partial charge in [-0.3, -0.25) is 0 Å². The minimum Gasteiger partial charge on any atom is -0.334 e. The molecule has 3 aromatic rings. The average molecular weight is 289 g/mol. The van der Waals surface area contributed by atoms with Gasteiger partial charge in [0, 0.05) is 33.5 Å². The van der Waals surface area contributed by atoms with Crippen LogP contribution >= 0.6 is 22.9 Å². The summed E-state index contributed by atoms with van der Waals surface area (Å²) < 4.78 is 3.32. The van der Waals surface area contributed by atoms with Crippen molar-refractivity contribution in [2.24, 2.45) is 0 Å². The molecule has 3 rings (SSSR count). The van der Waals surface area contributed by atoms with Crippen LogP contribution in [0.4, 0.5) is 0 Å². The lowest BCUT2D eigenvalue weighted by Crippen LogP contribution is -1.88. The highest BCUT2D eigenvalue weighted by molar-refractivity contribution is 7.20. The van der Waals surface area contributed by atoms with Gasteiger partial charge in [0.1, 0.15) is 0 Å². The number of hydrogen-bond donors (Lipinski definition) is 0. The van der Waals surface area contributed by atoms with Crippen LogP contribution in [-0.2, 0) is 6.54 Å². The Bertz CT molecular complexity index is 726. The van der Waals surface area contributed by atoms with Gasteiger partial charge in [-0.25, -0.2) is 4.98 Å². The van der Waals surface area contributed by atoms with Gasteiger partial charge in [0.15, 0.2) is 0 Å². The lowest BCUT2D eigenvalue weighted by Gasteiger charge is -1.95. The molecule has 96 valence electrons. The summed E-state index contributed by atoms with van der Waals surface area (Å²) in [5.74, 6) is 0. The van der Waals surface area contributed by atoms with E-state index in [0.717, 1.165) is 11.6 Å². The van der Waals surface area contributed by atoms with E-state index >= 15 is 0 Å². The van der Waals surface area contributed by atoms with Crippen molar-refractivity contribution in [3.8, 4) is 0 Å². The predicted octanol–water partition coefficient (Wildman–Crippen LogP) is 4.77. The van der Waals surface area contributed by atoms with Crippen molar-refractivity contribution in [2.45, 2.75) is 13.5 Å². The van der Waals surface area contributed by atoms with Crippen molar-refractivity contribution in [1.82, 2.24) is 9.55 Å². The van der Waals surface area contributed by atoms with Crippen molar-refractivity contribution in [3.05, 3.63) is 58.5 Å². The SMILES string of the molecule is Cc1c(/C=C/Cn2ccnc2)sc2ccc(Cl)cc12. The molecule has 0 saturated heterocycles. The number of benzene rings is 1. The second kappa shape index (κ2) is 5.19. The number of aromatic nitrogens is 2. The quantitative estimate of drug-likeness (QED) is 0.678. The highest BCUT2D eigenvalue weighted by Crippen LogP contribution is 2.33. The molecule has 2 aromatic heterocycles. The molecule has 0 radical (unpaired) electrons. The fourth-order valence-electron chi connectivity index (χ4n) is 2.05. The molecule has 0 aliphatic heterocycles. The van der Waals surface area contributed by atoms with Crippen LogP contribution in [0.1, 0.15) is 10.4 Å². The van der Waals surface area contributed by atoms with Crippen LogP contribution in [0.3, 0.4) is 0 Å². The van der Waals surface area contributed by atoms with Crippen molar-refractivity contribution >= 4 is 39.1 Å². The summed E-state index contributed by atoms with van der Waals surface area (Å²) in [6.45, 7) is 2.99. The molecule has 0 spiro atoms. The molecule has 0 bridgehead atoms. The molecular weight excluding hydrogens is 276 g/mol. The monoisotopic (exact) mass is 288 g/mol. The Labute approximate surface area is 121 Å². The third kappa shape index (κ3) is 2.57. The highest BCUT2D eigenvalue weighted by Gasteiger charge is 2.06. The molecule has 0 saturated carbocycles. The summed E-state index contributed by atoms with van der Waals surface area (Å²) in [6.07, 6.45) is 9.90. The molecule has 0 atom stereocenters. The first-order valence-electron chi connectivity index (χ1n) is 6.05. The molecule has 0 aliphatic carbocycles. The summed E-state index contributed by atoms with van der Waals surface area (Å²) in [6, 6.07) is 6.07. The van der Waals surface area contributed by atoms with Gasteiger partial charge in [-0.05, 0) is 42.1 Å². The molecule has 0 fully saturated rings. The van der Waals surface area contributed by atoms with Gasteiger partial charge < -0.3 is 4.57 Å². The highest BCUT2D eigenvalue weighted by atomic mass is 35.5. The van der Waals surface area contributed by atoms with Crippen LogP contribution in [-0.4, -0.2) is 9.55 Å². The molecule has 0 aliphatic rings. The van der Waals surface area contributed by atoms with Crippen LogP contribution < -0.4 is 0 Å². The first-order valence-corrected chi connectivity index (χ1v) is 7.24. The lowest BCUT2D eigenvalue weighted by molar-refractivity contribution is 0.823. The number of hydrogen-bond acceptors (Lipinski definition) is 2. The van der Waals surface area contributed by atoms with Gasteiger partial charge in [0.2, 0.25) is 0 Å². The van der Waals surface area contributed by atoms with Gasteiger partial charge in [-0.2, -0.15) is 0 Å². The second-order valence-corrected chi connectivity index (χ2v) is 5.91. The van der Waals surface area contributed by atoms with Gasteiger partial charge >= 0.3 is 0 Å². The van der Waals surface area contributed by atoms with Crippen LogP contribution in [0.25, 0.3) is 16.2 Å². The zero-order chi connectivity index (χ0) is 13.2. The van der Waals surface area contributed by atoms with Gasteiger partial charge in [0.05, 0.1) is 6.33 Å². The maximum Gasteiger partial charge on any atom is 0.0948 e. The van der Waals surface area contributed by atoms with Gasteiger partial charge in [-0.15, -0.1) is 11.3 Å². The number of thiophene rings is 1. The lowest BCUT2D eigenvalue weighted by atomic mass is 10.1. The first kappa shape index (κ1) is 12.5. The fraction of sp³-hybridized carbons (Fsp3) is 0.133. The molecular formula is C15H13ClN2S. The number of nitrogens with zero attached hydrogens (tertiary/aromatic N) is 2. The Morgan fingerprint density at radius 1 is 1.42 bits per heavy atom. The van der Waals surface area contributed by atoms with E-state index in [0.29, 0.717) is 0 Å². The molecule has 1 aromatic carbocycles. The number of halogens is 1. The smallest absolute Gasteiger partial charge is 0.0948 e. The van der Waals surface area contributed by atoms with Crippen molar-refractivity contribution < 1.29 is 0 Å². The number of fused-ring (bicyclic) bond motifs is 1. The summed E-state index contributed by atoms with van der Waals surface area (Å²) in [4.78, 5) is 5.32. The van der Waals surface area contributed by atoms with Crippen LogP contribution in [0.2, 0.25) is 5.02 Å². The normalized spacial score (nSPS) is 11.7. The van der Waals surface area contributed by atoms with Crippen LogP contribution in [0.15, 0.2) is 43.0 Å². The zero-order valence-corrected chi connectivity index (χ0v) is 12.1. The number of aryl methyl sites for hydroxylation is 1. The van der Waals surface area contributed by atoms with Crippen molar-refractivity contribution in [1.29, 1.82) is 0 Å². The molecule has 2 nitrogen and oxygen atoms in total. The Morgan fingerprint density at radius 3 is 3.11 bits per heavy atom. The van der Waals surface area contributed by atoms with E-state index < -0.39 is 0 Å². The molecule has 19 heavy (non-hydrogen) atoms. The Morgan fingerprint density at radius 2 is 2.32 bits per heavy atom. The Kier molecular flexibility index (Phi) is 3.40. The first-order chi connectivity index (χ1) is 9.24. The Balaban J connectivity index is 1.88. The van der Waals surface area contributed by atoms with Gasteiger partial charge in [0.25, 0.3) is 0 Å². The van der Waals surface area contributed by atoms with E-state index in [2.05, 4.69) is 30.1 Å². The fourth-order valence-corrected chi connectivity index (χ4v) is 3.34. The molecule has 2 heterocycles. The minimum atomic E-state index is 0.794. The summed E-state index contributed by atoms with van der Waals surface area (Å²) in [7, 11) is 0. The average Bonchev–Trinajstić information content (AvgIpc) is 3.00. The van der Waals surface area contributed by atoms with E-state index in [-0.39, 0.29) is 0 Å². The van der Waals surface area contributed by atoms with E-state index in [1.54, 1.807) is 17.5 Å². The van der Waals surface area contributed by atoms with Crippen molar-refractivity contribution in [3.63, 3.8) is 0 Å². The maximum atomic E-state index is 6.05. The maximum absolute atomic E-state index is 6.05. The molecule has 0 unspecified atom stereocenters.